The fourth-order valence-electron chi connectivity index (χ4n) is 0.808. The first-order valence-corrected chi connectivity index (χ1v) is 2.56. The Kier molecular flexibility index (Phi) is 1.29. The molecule has 0 aromatic carbocycles. The Morgan fingerprint density at radius 3 is 2.14 bits per heavy atom. The largest absolute Gasteiger partial charge is 0.334 e. The molecular formula is C5H8NO. The summed E-state index contributed by atoms with van der Waals surface area (Å²) in [6.45, 7) is 1.84. The minimum Gasteiger partial charge on any atom is -0.334 e. The highest BCUT2D eigenvalue weighted by Gasteiger charge is 2.07. The van der Waals surface area contributed by atoms with Crippen LogP contribution in [0.4, 0.5) is 0 Å². The van der Waals surface area contributed by atoms with Crippen molar-refractivity contribution in [2.24, 2.45) is 0 Å². The molecule has 1 heterocycles. The molecule has 0 unspecified atom stereocenters. The van der Waals surface area contributed by atoms with Crippen LogP contribution in [0.1, 0.15) is 12.8 Å². The maximum atomic E-state index is 9.81. The predicted molar refractivity (Wildman–Crippen MR) is 26.5 cm³/mol. The molecule has 1 aliphatic rings. The lowest BCUT2D eigenvalue weighted by atomic mass is 10.4. The minimum atomic E-state index is 0.920. The van der Waals surface area contributed by atoms with E-state index in [0.29, 0.717) is 0 Å². The van der Waals surface area contributed by atoms with Gasteiger partial charge < -0.3 is 4.90 Å². The second kappa shape index (κ2) is 1.96. The summed E-state index contributed by atoms with van der Waals surface area (Å²) < 4.78 is 0. The number of carbonyl (C=O) groups excluding carboxylic acids is 1. The Morgan fingerprint density at radius 1 is 1.29 bits per heavy atom. The second-order valence-electron chi connectivity index (χ2n) is 1.79. The molecule has 0 aromatic rings. The first-order valence-electron chi connectivity index (χ1n) is 2.56. The summed E-state index contributed by atoms with van der Waals surface area (Å²) >= 11 is 0. The van der Waals surface area contributed by atoms with Crippen molar-refractivity contribution in [2.75, 3.05) is 13.1 Å². The van der Waals surface area contributed by atoms with Crippen molar-refractivity contribution in [3.8, 4) is 0 Å². The lowest BCUT2D eigenvalue weighted by Crippen LogP contribution is -2.15. The molecule has 0 aliphatic carbocycles. The zero-order chi connectivity index (χ0) is 5.11. The van der Waals surface area contributed by atoms with Crippen LogP contribution in [-0.4, -0.2) is 24.4 Å². The average Bonchev–Trinajstić information content (AvgIpc) is 2.14. The van der Waals surface area contributed by atoms with Gasteiger partial charge in [-0.05, 0) is 12.8 Å². The number of rotatable bonds is 1. The topological polar surface area (TPSA) is 20.3 Å². The molecule has 39 valence electrons. The van der Waals surface area contributed by atoms with E-state index in [9.17, 15) is 4.79 Å². The number of hydrogen-bond acceptors (Lipinski definition) is 1. The minimum absolute atomic E-state index is 0.920. The molecule has 1 radical (unpaired) electrons. The molecule has 2 nitrogen and oxygen atoms in total. The Hall–Kier alpha value is -0.530. The van der Waals surface area contributed by atoms with E-state index in [4.69, 9.17) is 0 Å². The standard InChI is InChI=1S/C5H8NO/c7-5-6-3-1-2-4-6/h1-4H2. The van der Waals surface area contributed by atoms with Gasteiger partial charge in [0.25, 0.3) is 0 Å². The highest BCUT2D eigenvalue weighted by molar-refractivity contribution is 5.48. The van der Waals surface area contributed by atoms with E-state index < -0.39 is 0 Å². The normalized spacial score (nSPS) is 20.3. The molecule has 0 bridgehead atoms. The van der Waals surface area contributed by atoms with Gasteiger partial charge in [-0.1, -0.05) is 0 Å². The van der Waals surface area contributed by atoms with Crippen LogP contribution in [0.15, 0.2) is 0 Å². The van der Waals surface area contributed by atoms with Crippen LogP contribution in [0.5, 0.6) is 0 Å². The summed E-state index contributed by atoms with van der Waals surface area (Å²) in [5.41, 5.74) is 0. The monoisotopic (exact) mass is 98.1 g/mol. The molecular weight excluding hydrogens is 90.1 g/mol. The van der Waals surface area contributed by atoms with Crippen molar-refractivity contribution >= 4 is 6.41 Å². The number of nitrogens with zero attached hydrogens (tertiary/aromatic N) is 1. The lowest BCUT2D eigenvalue weighted by molar-refractivity contribution is 0.440. The highest BCUT2D eigenvalue weighted by atomic mass is 16.1. The summed E-state index contributed by atoms with van der Waals surface area (Å²) in [7, 11) is 0. The zero-order valence-electron chi connectivity index (χ0n) is 4.18. The van der Waals surface area contributed by atoms with Crippen LogP contribution in [-0.2, 0) is 4.79 Å². The molecule has 1 amide bonds. The molecule has 1 aliphatic heterocycles. The molecule has 0 aromatic heterocycles. The first kappa shape index (κ1) is 4.62. The predicted octanol–water partition coefficient (Wildman–Crippen LogP) is 0.149. The fourth-order valence-corrected chi connectivity index (χ4v) is 0.808. The fraction of sp³-hybridized carbons (Fsp3) is 0.800. The van der Waals surface area contributed by atoms with Crippen molar-refractivity contribution in [1.82, 2.24) is 4.90 Å². The van der Waals surface area contributed by atoms with Gasteiger partial charge in [0, 0.05) is 13.1 Å². The Bertz CT molecular complexity index is 66.5. The van der Waals surface area contributed by atoms with Crippen LogP contribution >= 0.6 is 0 Å². The third-order valence-electron chi connectivity index (χ3n) is 1.24. The zero-order valence-corrected chi connectivity index (χ0v) is 4.18. The molecule has 1 saturated heterocycles. The lowest BCUT2D eigenvalue weighted by Gasteiger charge is -2.01. The van der Waals surface area contributed by atoms with E-state index >= 15 is 0 Å². The number of hydrogen-bond donors (Lipinski definition) is 0. The molecule has 7 heavy (non-hydrogen) atoms. The molecule has 0 saturated carbocycles. The van der Waals surface area contributed by atoms with Gasteiger partial charge in [-0.15, -0.1) is 0 Å². The van der Waals surface area contributed by atoms with Gasteiger partial charge in [0.1, 0.15) is 0 Å². The SMILES string of the molecule is O=[C]N1CCCC1. The Balaban J connectivity index is 2.26. The summed E-state index contributed by atoms with van der Waals surface area (Å²) in [4.78, 5) is 11.5. The van der Waals surface area contributed by atoms with Gasteiger partial charge in [-0.3, -0.25) is 4.79 Å². The van der Waals surface area contributed by atoms with Gasteiger partial charge in [-0.25, -0.2) is 0 Å². The molecule has 2 heteroatoms. The van der Waals surface area contributed by atoms with Crippen molar-refractivity contribution < 1.29 is 4.79 Å². The third kappa shape index (κ3) is 0.918. The third-order valence-corrected chi connectivity index (χ3v) is 1.24. The van der Waals surface area contributed by atoms with Crippen LogP contribution in [0.25, 0.3) is 0 Å². The van der Waals surface area contributed by atoms with E-state index in [1.165, 1.54) is 0 Å². The van der Waals surface area contributed by atoms with Gasteiger partial charge >= 0.3 is 6.41 Å². The van der Waals surface area contributed by atoms with Crippen molar-refractivity contribution in [3.05, 3.63) is 0 Å². The van der Waals surface area contributed by atoms with Crippen molar-refractivity contribution in [2.45, 2.75) is 12.8 Å². The number of likely N-dealkylation sites (tertiary alicyclic amines) is 1. The highest BCUT2D eigenvalue weighted by Crippen LogP contribution is 2.02. The molecule has 0 atom stereocenters. The van der Waals surface area contributed by atoms with Crippen LogP contribution in [0.2, 0.25) is 0 Å². The summed E-state index contributed by atoms with van der Waals surface area (Å²) in [5.74, 6) is 0. The Labute approximate surface area is 43.1 Å². The van der Waals surface area contributed by atoms with Crippen LogP contribution in [0.3, 0.4) is 0 Å². The van der Waals surface area contributed by atoms with Gasteiger partial charge in [0.2, 0.25) is 0 Å². The summed E-state index contributed by atoms with van der Waals surface area (Å²) in [5, 5.41) is 0. The molecule has 1 rings (SSSR count). The molecule has 1 fully saturated rings. The van der Waals surface area contributed by atoms with Gasteiger partial charge in [-0.2, -0.15) is 0 Å². The smallest absolute Gasteiger partial charge is 0.312 e. The van der Waals surface area contributed by atoms with Crippen LogP contribution in [0, 0.1) is 0 Å². The second-order valence-corrected chi connectivity index (χ2v) is 1.79. The van der Waals surface area contributed by atoms with E-state index in [1.54, 1.807) is 4.90 Å². The summed E-state index contributed by atoms with van der Waals surface area (Å²) in [6.07, 6.45) is 4.17. The quantitative estimate of drug-likeness (QED) is 0.457. The van der Waals surface area contributed by atoms with E-state index in [0.717, 1.165) is 25.9 Å². The van der Waals surface area contributed by atoms with Crippen LogP contribution < -0.4 is 0 Å². The maximum Gasteiger partial charge on any atom is 0.312 e. The molecule has 0 N–H and O–H groups in total. The maximum absolute atomic E-state index is 9.81. The van der Waals surface area contributed by atoms with E-state index in [-0.39, 0.29) is 0 Å². The van der Waals surface area contributed by atoms with Gasteiger partial charge in [0.05, 0.1) is 0 Å². The van der Waals surface area contributed by atoms with E-state index in [1.807, 2.05) is 6.41 Å². The van der Waals surface area contributed by atoms with Crippen molar-refractivity contribution in [1.29, 1.82) is 0 Å². The summed E-state index contributed by atoms with van der Waals surface area (Å²) in [6, 6.07) is 0. The Morgan fingerprint density at radius 2 is 1.86 bits per heavy atom. The first-order chi connectivity index (χ1) is 3.43. The number of amides is 1. The van der Waals surface area contributed by atoms with Crippen molar-refractivity contribution in [3.63, 3.8) is 0 Å². The van der Waals surface area contributed by atoms with Gasteiger partial charge in [0.15, 0.2) is 0 Å². The average molecular weight is 98.1 g/mol. The van der Waals surface area contributed by atoms with E-state index in [2.05, 4.69) is 0 Å². The molecule has 0 spiro atoms.